The zero-order valence-electron chi connectivity index (χ0n) is 26.2. The van der Waals surface area contributed by atoms with E-state index in [-0.39, 0.29) is 29.9 Å². The maximum Gasteiger partial charge on any atom is 0.338 e. The SMILES string of the molecule is COOC[C@H]1[C@H]2C[C@@H]3c4[nH]c5cc(OC)ccc5c4CCN3C[C@H]2C[C@@H](OC(=O)c2cc(OC)c(OC)c(OC)c2)[C@@H]1OC. The highest BCUT2D eigenvalue weighted by Gasteiger charge is 2.52. The van der Waals surface area contributed by atoms with E-state index in [1.807, 2.05) is 6.07 Å². The summed E-state index contributed by atoms with van der Waals surface area (Å²) >= 11 is 0. The predicted octanol–water partition coefficient (Wildman–Crippen LogP) is 4.58. The molecule has 6 atom stereocenters. The van der Waals surface area contributed by atoms with Gasteiger partial charge in [0.05, 0.1) is 59.9 Å². The number of nitrogens with one attached hydrogen (secondary N) is 1. The molecule has 44 heavy (non-hydrogen) atoms. The summed E-state index contributed by atoms with van der Waals surface area (Å²) in [4.78, 5) is 30.5. The third kappa shape index (κ3) is 5.36. The van der Waals surface area contributed by atoms with Gasteiger partial charge in [-0.2, -0.15) is 0 Å². The van der Waals surface area contributed by atoms with Gasteiger partial charge in [-0.05, 0) is 60.9 Å². The van der Waals surface area contributed by atoms with Crippen LogP contribution in [0.1, 0.15) is 40.5 Å². The molecule has 3 heterocycles. The molecule has 11 nitrogen and oxygen atoms in total. The van der Waals surface area contributed by atoms with Crippen molar-refractivity contribution in [2.45, 2.75) is 37.5 Å². The van der Waals surface area contributed by atoms with E-state index in [1.165, 1.54) is 45.1 Å². The van der Waals surface area contributed by atoms with Gasteiger partial charge in [-0.15, -0.1) is 0 Å². The van der Waals surface area contributed by atoms with Crippen molar-refractivity contribution >= 4 is 16.9 Å². The van der Waals surface area contributed by atoms with Crippen LogP contribution in [-0.4, -0.2) is 90.4 Å². The summed E-state index contributed by atoms with van der Waals surface area (Å²) < 4.78 is 34.1. The fraction of sp³-hybridized carbons (Fsp3) is 0.545. The third-order valence-electron chi connectivity index (χ3n) is 9.82. The first-order chi connectivity index (χ1) is 21.4. The van der Waals surface area contributed by atoms with Gasteiger partial charge in [0.1, 0.15) is 11.9 Å². The van der Waals surface area contributed by atoms with Crippen LogP contribution in [0, 0.1) is 17.8 Å². The van der Waals surface area contributed by atoms with E-state index in [0.29, 0.717) is 35.8 Å². The van der Waals surface area contributed by atoms with Crippen LogP contribution in [0.2, 0.25) is 0 Å². The van der Waals surface area contributed by atoms with Gasteiger partial charge in [0, 0.05) is 48.8 Å². The monoisotopic (exact) mass is 610 g/mol. The molecule has 2 fully saturated rings. The molecule has 1 aliphatic carbocycles. The summed E-state index contributed by atoms with van der Waals surface area (Å²) in [6, 6.07) is 9.73. The number of hydrogen-bond donors (Lipinski definition) is 1. The summed E-state index contributed by atoms with van der Waals surface area (Å²) in [5.74, 6) is 2.06. The minimum atomic E-state index is -0.481. The molecule has 1 saturated heterocycles. The number of aromatic amines is 1. The van der Waals surface area contributed by atoms with Crippen molar-refractivity contribution in [1.29, 1.82) is 0 Å². The first kappa shape index (κ1) is 30.5. The average molecular weight is 611 g/mol. The second-order valence-electron chi connectivity index (χ2n) is 11.8. The lowest BCUT2D eigenvalue weighted by atomic mass is 9.64. The van der Waals surface area contributed by atoms with E-state index < -0.39 is 12.1 Å². The van der Waals surface area contributed by atoms with E-state index >= 15 is 0 Å². The van der Waals surface area contributed by atoms with Crippen LogP contribution < -0.4 is 18.9 Å². The highest BCUT2D eigenvalue weighted by atomic mass is 17.2. The molecule has 1 saturated carbocycles. The van der Waals surface area contributed by atoms with Crippen molar-refractivity contribution < 1.29 is 43.0 Å². The van der Waals surface area contributed by atoms with Crippen LogP contribution in [-0.2, 0) is 25.7 Å². The van der Waals surface area contributed by atoms with Gasteiger partial charge >= 0.3 is 5.97 Å². The quantitative estimate of drug-likeness (QED) is 0.199. The third-order valence-corrected chi connectivity index (χ3v) is 9.82. The number of nitrogens with zero attached hydrogens (tertiary/aromatic N) is 1. The number of fused-ring (bicyclic) bond motifs is 6. The number of carbonyl (C=O) groups is 1. The Bertz CT molecular complexity index is 1460. The Hall–Kier alpha value is -3.51. The van der Waals surface area contributed by atoms with Crippen molar-refractivity contribution in [1.82, 2.24) is 9.88 Å². The van der Waals surface area contributed by atoms with Crippen molar-refractivity contribution in [2.24, 2.45) is 17.8 Å². The van der Waals surface area contributed by atoms with Crippen LogP contribution in [0.3, 0.4) is 0 Å². The largest absolute Gasteiger partial charge is 0.497 e. The molecule has 3 aromatic rings. The standard InChI is InChI=1S/C33H42N2O9/c1-37-20-7-8-21-22-9-10-35-16-19-13-29(44-33(36)18-11-27(38-2)32(41-5)28(12-18)39-3)31(40-4)24(17-43-42-6)23(19)15-26(35)30(22)34-25(21)14-20/h7-8,11-12,14,19,23-24,26,29,31,34H,9-10,13,15-17H2,1-6H3/t19-,23+,24+,26-,29-,31-/m1/s1. The first-order valence-corrected chi connectivity index (χ1v) is 15.1. The molecular weight excluding hydrogens is 568 g/mol. The minimum Gasteiger partial charge on any atom is -0.497 e. The molecule has 3 aliphatic rings. The fourth-order valence-corrected chi connectivity index (χ4v) is 7.84. The van der Waals surface area contributed by atoms with Crippen molar-refractivity contribution in [3.8, 4) is 23.0 Å². The molecule has 0 amide bonds. The lowest BCUT2D eigenvalue weighted by Gasteiger charge is -2.53. The van der Waals surface area contributed by atoms with Crippen LogP contribution in [0.25, 0.3) is 10.9 Å². The average Bonchev–Trinajstić information content (AvgIpc) is 3.43. The molecular formula is C33H42N2O9. The first-order valence-electron chi connectivity index (χ1n) is 15.1. The second kappa shape index (κ2) is 12.8. The minimum absolute atomic E-state index is 0.0477. The molecule has 0 unspecified atom stereocenters. The second-order valence-corrected chi connectivity index (χ2v) is 11.8. The van der Waals surface area contributed by atoms with E-state index in [4.69, 9.17) is 38.2 Å². The van der Waals surface area contributed by atoms with Crippen molar-refractivity contribution in [3.63, 3.8) is 0 Å². The number of esters is 1. The number of H-pyrrole nitrogens is 1. The molecule has 6 rings (SSSR count). The smallest absolute Gasteiger partial charge is 0.338 e. The van der Waals surface area contributed by atoms with Gasteiger partial charge < -0.3 is 33.4 Å². The van der Waals surface area contributed by atoms with Crippen LogP contribution in [0.4, 0.5) is 0 Å². The van der Waals surface area contributed by atoms with Gasteiger partial charge in [0.15, 0.2) is 11.5 Å². The fourth-order valence-electron chi connectivity index (χ4n) is 7.84. The van der Waals surface area contributed by atoms with Gasteiger partial charge in [-0.1, -0.05) is 0 Å². The Balaban J connectivity index is 1.27. The van der Waals surface area contributed by atoms with Crippen molar-refractivity contribution in [3.05, 3.63) is 47.2 Å². The molecule has 0 radical (unpaired) electrons. The van der Waals surface area contributed by atoms with E-state index in [9.17, 15) is 4.79 Å². The Morgan fingerprint density at radius 1 is 0.955 bits per heavy atom. The van der Waals surface area contributed by atoms with E-state index in [1.54, 1.807) is 26.4 Å². The summed E-state index contributed by atoms with van der Waals surface area (Å²) in [7, 11) is 9.43. The summed E-state index contributed by atoms with van der Waals surface area (Å²) in [6.45, 7) is 2.20. The van der Waals surface area contributed by atoms with Crippen molar-refractivity contribution in [2.75, 3.05) is 62.4 Å². The summed E-state index contributed by atoms with van der Waals surface area (Å²) in [5.41, 5.74) is 4.09. The molecule has 0 bridgehead atoms. The lowest BCUT2D eigenvalue weighted by molar-refractivity contribution is -0.295. The number of hydrogen-bond acceptors (Lipinski definition) is 10. The number of carbonyl (C=O) groups excluding carboxylic acids is 1. The summed E-state index contributed by atoms with van der Waals surface area (Å²) in [5, 5.41) is 1.26. The summed E-state index contributed by atoms with van der Waals surface area (Å²) in [6.07, 6.45) is 1.75. The van der Waals surface area contributed by atoms with E-state index in [0.717, 1.165) is 37.2 Å². The van der Waals surface area contributed by atoms with Crippen LogP contribution >= 0.6 is 0 Å². The Morgan fingerprint density at radius 2 is 1.73 bits per heavy atom. The number of aromatic nitrogens is 1. The highest BCUT2D eigenvalue weighted by Crippen LogP contribution is 2.50. The Morgan fingerprint density at radius 3 is 2.39 bits per heavy atom. The van der Waals surface area contributed by atoms with Gasteiger partial charge in [-0.25, -0.2) is 14.6 Å². The maximum atomic E-state index is 13.6. The predicted molar refractivity (Wildman–Crippen MR) is 162 cm³/mol. The number of benzene rings is 2. The molecule has 2 aromatic carbocycles. The number of ether oxygens (including phenoxy) is 6. The van der Waals surface area contributed by atoms with Gasteiger partial charge in [0.2, 0.25) is 5.75 Å². The number of methoxy groups -OCH3 is 5. The van der Waals surface area contributed by atoms with Crippen LogP contribution in [0.5, 0.6) is 23.0 Å². The molecule has 11 heteroatoms. The highest BCUT2D eigenvalue weighted by molar-refractivity contribution is 5.91. The Labute approximate surface area is 257 Å². The maximum absolute atomic E-state index is 13.6. The normalized spacial score (nSPS) is 26.3. The molecule has 1 aromatic heterocycles. The van der Waals surface area contributed by atoms with E-state index in [2.05, 4.69) is 22.0 Å². The molecule has 0 spiro atoms. The molecule has 238 valence electrons. The molecule has 1 N–H and O–H groups in total. The zero-order valence-corrected chi connectivity index (χ0v) is 26.2. The Kier molecular flexibility index (Phi) is 8.91. The number of piperidine rings is 1. The molecule has 2 aliphatic heterocycles. The number of rotatable bonds is 10. The lowest BCUT2D eigenvalue weighted by Crippen LogP contribution is -2.57. The van der Waals surface area contributed by atoms with Gasteiger partial charge in [0.25, 0.3) is 0 Å². The zero-order chi connectivity index (χ0) is 31.0. The van der Waals surface area contributed by atoms with Gasteiger partial charge in [-0.3, -0.25) is 4.90 Å². The van der Waals surface area contributed by atoms with Crippen LogP contribution in [0.15, 0.2) is 30.3 Å². The topological polar surface area (TPSA) is 110 Å².